The number of allylic oxidation sites excluding steroid dienone is 4. The normalized spacial score (nSPS) is 13.8. The molecule has 0 atom stereocenters. The third-order valence-corrected chi connectivity index (χ3v) is 1.41. The van der Waals surface area contributed by atoms with E-state index in [1.54, 1.807) is 0 Å². The minimum Gasteiger partial charge on any atom is -0.481 e. The lowest BCUT2D eigenvalue weighted by molar-refractivity contribution is -0.137. The lowest BCUT2D eigenvalue weighted by Gasteiger charge is -1.94. The molecule has 0 aliphatic heterocycles. The summed E-state index contributed by atoms with van der Waals surface area (Å²) in [6, 6.07) is 0. The zero-order valence-electron chi connectivity index (χ0n) is 8.77. The Labute approximate surface area is 88.3 Å². The van der Waals surface area contributed by atoms with E-state index in [2.05, 4.69) is 0 Å². The zero-order valence-corrected chi connectivity index (χ0v) is 8.77. The summed E-state index contributed by atoms with van der Waals surface area (Å²) >= 11 is 0. The van der Waals surface area contributed by atoms with Crippen molar-refractivity contribution < 1.29 is 19.5 Å². The van der Waals surface area contributed by atoms with Gasteiger partial charge in [0.05, 0.1) is 0 Å². The Hall–Kier alpha value is -1.71. The van der Waals surface area contributed by atoms with E-state index >= 15 is 0 Å². The van der Waals surface area contributed by atoms with Gasteiger partial charge in [-0.2, -0.15) is 0 Å². The number of carboxylic acid groups (broad SMARTS) is 1. The first kappa shape index (κ1) is 13.3. The zero-order chi connectivity index (χ0) is 11.8. The molecule has 1 N–H and O–H groups in total. The van der Waals surface area contributed by atoms with Gasteiger partial charge in [-0.1, -0.05) is 13.8 Å². The second-order valence-corrected chi connectivity index (χ2v) is 3.46. The van der Waals surface area contributed by atoms with Gasteiger partial charge in [0, 0.05) is 6.42 Å². The summed E-state index contributed by atoms with van der Waals surface area (Å²) in [5.74, 6) is -0.679. The van der Waals surface area contributed by atoms with Crippen LogP contribution in [0.5, 0.6) is 0 Å². The molecule has 0 amide bonds. The highest BCUT2D eigenvalue weighted by Gasteiger charge is 1.98. The van der Waals surface area contributed by atoms with Crippen molar-refractivity contribution in [3.8, 4) is 0 Å². The Morgan fingerprint density at radius 2 is 1.47 bits per heavy atom. The first-order chi connectivity index (χ1) is 6.91. The number of carboxylic acids is 1. The van der Waals surface area contributed by atoms with E-state index < -0.39 is 5.97 Å². The molecule has 0 aromatic rings. The fraction of sp³-hybridized carbons (Fsp3) is 0.364. The number of hydrogen-bond donors (Lipinski definition) is 1. The molecule has 4 nitrogen and oxygen atoms in total. The van der Waals surface area contributed by atoms with Crippen LogP contribution in [-0.2, 0) is 14.4 Å². The van der Waals surface area contributed by atoms with Gasteiger partial charge in [0.2, 0.25) is 0 Å². The fourth-order valence-electron chi connectivity index (χ4n) is 0.789. The Morgan fingerprint density at radius 3 is 1.60 bits per heavy atom. The highest BCUT2D eigenvalue weighted by molar-refractivity contribution is 6.14. The first-order valence-corrected chi connectivity index (χ1v) is 4.57. The quantitative estimate of drug-likeness (QED) is 0.698. The van der Waals surface area contributed by atoms with Crippen LogP contribution in [0.15, 0.2) is 24.3 Å². The highest BCUT2D eigenvalue weighted by Crippen LogP contribution is 1.96. The number of carbonyl (C=O) groups is 3. The van der Waals surface area contributed by atoms with Crippen LogP contribution >= 0.6 is 0 Å². The van der Waals surface area contributed by atoms with Crippen LogP contribution in [-0.4, -0.2) is 22.6 Å². The lowest BCUT2D eigenvalue weighted by atomic mass is 10.1. The summed E-state index contributed by atoms with van der Waals surface area (Å²) in [5.41, 5.74) is 0. The van der Waals surface area contributed by atoms with E-state index in [0.717, 1.165) is 0 Å². The van der Waals surface area contributed by atoms with Crippen LogP contribution in [0.25, 0.3) is 0 Å². The molecule has 15 heavy (non-hydrogen) atoms. The van der Waals surface area contributed by atoms with Gasteiger partial charge in [-0.25, -0.2) is 0 Å². The van der Waals surface area contributed by atoms with Gasteiger partial charge >= 0.3 is 5.97 Å². The second kappa shape index (κ2) is 6.70. The summed E-state index contributed by atoms with van der Waals surface area (Å²) < 4.78 is 0. The molecule has 0 radical (unpaired) electrons. The van der Waals surface area contributed by atoms with Crippen molar-refractivity contribution in [2.75, 3.05) is 0 Å². The minimum atomic E-state index is -0.713. The predicted molar refractivity (Wildman–Crippen MR) is 55.4 cm³/mol. The van der Waals surface area contributed by atoms with Gasteiger partial charge in [0.25, 0.3) is 0 Å². The van der Waals surface area contributed by atoms with E-state index in [0.29, 0.717) is 0 Å². The summed E-state index contributed by atoms with van der Waals surface area (Å²) in [4.78, 5) is 30.4. The smallest absolute Gasteiger partial charge is 0.303 e. The average Bonchev–Trinajstić information content (AvgIpc) is 2.09. The van der Waals surface area contributed by atoms with Gasteiger partial charge in [0.15, 0.2) is 11.6 Å². The van der Waals surface area contributed by atoms with Crippen LogP contribution in [0.2, 0.25) is 0 Å². The maximum Gasteiger partial charge on any atom is 0.303 e. The highest BCUT2D eigenvalue weighted by atomic mass is 16.4. The number of hydrogen-bond acceptors (Lipinski definition) is 3. The largest absolute Gasteiger partial charge is 0.481 e. The van der Waals surface area contributed by atoms with E-state index in [1.807, 2.05) is 13.8 Å². The SMILES string of the molecule is CC(C)CC(=O)O.O=C1C=CC(=O)C=C1. The molecule has 0 spiro atoms. The Morgan fingerprint density at radius 1 is 1.13 bits per heavy atom. The molecule has 0 bridgehead atoms. The molecule has 4 heteroatoms. The minimum absolute atomic E-state index is 0.121. The molecule has 0 unspecified atom stereocenters. The van der Waals surface area contributed by atoms with Crippen LogP contribution in [0.3, 0.4) is 0 Å². The van der Waals surface area contributed by atoms with Crippen LogP contribution in [0, 0.1) is 5.92 Å². The molecule has 82 valence electrons. The summed E-state index contributed by atoms with van der Waals surface area (Å²) in [7, 11) is 0. The van der Waals surface area contributed by atoms with Crippen molar-refractivity contribution in [1.82, 2.24) is 0 Å². The monoisotopic (exact) mass is 210 g/mol. The molecular formula is C11H14O4. The van der Waals surface area contributed by atoms with Gasteiger partial charge in [-0.3, -0.25) is 14.4 Å². The lowest BCUT2D eigenvalue weighted by Crippen LogP contribution is -1.99. The van der Waals surface area contributed by atoms with Crippen molar-refractivity contribution in [3.05, 3.63) is 24.3 Å². The van der Waals surface area contributed by atoms with E-state index in [-0.39, 0.29) is 23.9 Å². The molecule has 1 rings (SSSR count). The predicted octanol–water partition coefficient (Wildman–Crippen LogP) is 1.37. The van der Waals surface area contributed by atoms with Gasteiger partial charge in [0.1, 0.15) is 0 Å². The van der Waals surface area contributed by atoms with E-state index in [1.165, 1.54) is 24.3 Å². The number of ketones is 2. The molecule has 1 aliphatic carbocycles. The molecule has 1 aliphatic rings. The Bertz CT molecular complexity index is 273. The van der Waals surface area contributed by atoms with Gasteiger partial charge < -0.3 is 5.11 Å². The van der Waals surface area contributed by atoms with Crippen molar-refractivity contribution in [2.45, 2.75) is 20.3 Å². The molecule has 0 heterocycles. The maximum absolute atomic E-state index is 10.3. The van der Waals surface area contributed by atoms with Crippen molar-refractivity contribution in [2.24, 2.45) is 5.92 Å². The third kappa shape index (κ3) is 8.62. The van der Waals surface area contributed by atoms with Gasteiger partial charge in [-0.05, 0) is 30.2 Å². The van der Waals surface area contributed by atoms with Crippen molar-refractivity contribution in [1.29, 1.82) is 0 Å². The molecule has 0 aromatic heterocycles. The Balaban J connectivity index is 0.000000265. The van der Waals surface area contributed by atoms with Crippen molar-refractivity contribution >= 4 is 17.5 Å². The number of carbonyl (C=O) groups excluding carboxylic acids is 2. The topological polar surface area (TPSA) is 71.4 Å². The third-order valence-electron chi connectivity index (χ3n) is 1.41. The molecular weight excluding hydrogens is 196 g/mol. The maximum atomic E-state index is 10.3. The van der Waals surface area contributed by atoms with E-state index in [4.69, 9.17) is 5.11 Å². The van der Waals surface area contributed by atoms with Crippen molar-refractivity contribution in [3.63, 3.8) is 0 Å². The van der Waals surface area contributed by atoms with Gasteiger partial charge in [-0.15, -0.1) is 0 Å². The summed E-state index contributed by atoms with van der Waals surface area (Å²) in [6.07, 6.45) is 5.29. The first-order valence-electron chi connectivity index (χ1n) is 4.57. The standard InChI is InChI=1S/C6H4O2.C5H10O2/c7-5-1-2-6(8)4-3-5;1-4(2)3-5(6)7/h1-4H;4H,3H2,1-2H3,(H,6,7). The number of aliphatic carboxylic acids is 1. The molecule has 0 saturated heterocycles. The second-order valence-electron chi connectivity index (χ2n) is 3.46. The Kier molecular flexibility index (Phi) is 5.94. The summed E-state index contributed by atoms with van der Waals surface area (Å²) in [6.45, 7) is 3.77. The number of rotatable bonds is 2. The molecule has 0 aromatic carbocycles. The van der Waals surface area contributed by atoms with Crippen LogP contribution < -0.4 is 0 Å². The summed E-state index contributed by atoms with van der Waals surface area (Å²) in [5, 5.41) is 8.08. The average molecular weight is 210 g/mol. The molecule has 0 fully saturated rings. The van der Waals surface area contributed by atoms with E-state index in [9.17, 15) is 14.4 Å². The fourth-order valence-corrected chi connectivity index (χ4v) is 0.789. The molecule has 0 saturated carbocycles. The van der Waals surface area contributed by atoms with Crippen LogP contribution in [0.4, 0.5) is 0 Å². The van der Waals surface area contributed by atoms with Crippen LogP contribution in [0.1, 0.15) is 20.3 Å².